The Labute approximate surface area is 265 Å². The molecule has 0 atom stereocenters. The van der Waals surface area contributed by atoms with Crippen LogP contribution in [0.2, 0.25) is 0 Å². The van der Waals surface area contributed by atoms with Gasteiger partial charge in [0.05, 0.1) is 17.3 Å². The Morgan fingerprint density at radius 3 is 1.98 bits per heavy atom. The summed E-state index contributed by atoms with van der Waals surface area (Å²) >= 11 is 1.94. The lowest BCUT2D eigenvalue weighted by atomic mass is 9.87. The zero-order chi connectivity index (χ0) is 31.0. The molecule has 0 aliphatic carbocycles. The maximum Gasteiger partial charge on any atom is 0.296 e. The molecule has 0 unspecified atom stereocenters. The molecule has 2 heterocycles. The number of benzene rings is 5. The lowest BCUT2D eigenvalue weighted by molar-refractivity contribution is -0.556. The summed E-state index contributed by atoms with van der Waals surface area (Å²) < 4.78 is 7.85. The third kappa shape index (κ3) is 4.24. The van der Waals surface area contributed by atoms with Crippen LogP contribution in [0.4, 0.5) is 0 Å². The van der Waals surface area contributed by atoms with Crippen molar-refractivity contribution in [2.24, 2.45) is 7.05 Å². The summed E-state index contributed by atoms with van der Waals surface area (Å²) in [6, 6.07) is 29.8. The molecule has 44 heavy (non-hydrogen) atoms. The predicted molar refractivity (Wildman–Crippen MR) is 192 cm³/mol. The molecule has 222 valence electrons. The molecule has 2 nitrogen and oxygen atoms in total. The molecule has 7 rings (SSSR count). The summed E-state index contributed by atoms with van der Waals surface area (Å²) in [4.78, 5) is 0. The lowest BCUT2D eigenvalue weighted by Crippen LogP contribution is -2.36. The van der Waals surface area contributed by atoms with E-state index in [0.29, 0.717) is 17.8 Å². The van der Waals surface area contributed by atoms with Crippen LogP contribution < -0.4 is 4.57 Å². The van der Waals surface area contributed by atoms with Gasteiger partial charge in [-0.2, -0.15) is 4.57 Å². The Bertz CT molecular complexity index is 2210. The summed E-state index contributed by atoms with van der Waals surface area (Å²) in [6.45, 7) is 18.7. The van der Waals surface area contributed by atoms with Crippen molar-refractivity contribution in [3.05, 3.63) is 107 Å². The highest BCUT2D eigenvalue weighted by Gasteiger charge is 2.34. The molecule has 0 radical (unpaired) electrons. The van der Waals surface area contributed by atoms with Crippen LogP contribution in [0.15, 0.2) is 78.9 Å². The largest absolute Gasteiger partial charge is 0.296 e. The van der Waals surface area contributed by atoms with Crippen molar-refractivity contribution in [3.63, 3.8) is 0 Å². The van der Waals surface area contributed by atoms with Gasteiger partial charge in [-0.05, 0) is 77.9 Å². The molecule has 0 N–H and O–H groups in total. The standard InChI is InChI=1S/C41H43N2S/c1-23(2)29-21-32(24(3)4)38(33(22-29)25(5)6)43-39-30-15-11-10-14-28(30)18-19-34(39)42(9)41(43)37-27(8)20-26(7)36-31-16-12-13-17-35(31)44-40(36)37/h10-25H,1-9H3/q+1. The molecule has 0 aliphatic heterocycles. The summed E-state index contributed by atoms with van der Waals surface area (Å²) in [5.41, 5.74) is 12.2. The second-order valence-corrected chi connectivity index (χ2v) is 14.6. The molecule has 0 aliphatic rings. The number of nitrogens with zero attached hydrogens (tertiary/aromatic N) is 2. The normalized spacial score (nSPS) is 12.4. The zero-order valence-corrected chi connectivity index (χ0v) is 28.4. The first kappa shape index (κ1) is 28.8. The van der Waals surface area contributed by atoms with Crippen molar-refractivity contribution in [3.8, 4) is 17.1 Å². The molecule has 2 aromatic heterocycles. The first-order valence-electron chi connectivity index (χ1n) is 16.1. The number of imidazole rings is 1. The van der Waals surface area contributed by atoms with E-state index in [-0.39, 0.29) is 0 Å². The van der Waals surface area contributed by atoms with Crippen molar-refractivity contribution in [1.29, 1.82) is 0 Å². The predicted octanol–water partition coefficient (Wildman–Crippen LogP) is 11.6. The van der Waals surface area contributed by atoms with Gasteiger partial charge in [0, 0.05) is 32.0 Å². The summed E-state index contributed by atoms with van der Waals surface area (Å²) in [5, 5.41) is 5.31. The molecule has 0 saturated heterocycles. The van der Waals surface area contributed by atoms with Crippen LogP contribution in [0.5, 0.6) is 0 Å². The smallest absolute Gasteiger partial charge is 0.225 e. The Kier molecular flexibility index (Phi) is 6.93. The van der Waals surface area contributed by atoms with Gasteiger partial charge in [-0.15, -0.1) is 11.3 Å². The molecular weight excluding hydrogens is 553 g/mol. The molecule has 5 aromatic carbocycles. The summed E-state index contributed by atoms with van der Waals surface area (Å²) in [6.07, 6.45) is 0. The fraction of sp³-hybridized carbons (Fsp3) is 0.293. The lowest BCUT2D eigenvalue weighted by Gasteiger charge is -2.22. The average Bonchev–Trinajstić information content (AvgIpc) is 3.52. The van der Waals surface area contributed by atoms with Gasteiger partial charge < -0.3 is 0 Å². The Morgan fingerprint density at radius 2 is 1.32 bits per heavy atom. The molecule has 0 amide bonds. The maximum absolute atomic E-state index is 2.66. The van der Waals surface area contributed by atoms with Gasteiger partial charge in [-0.1, -0.05) is 96.1 Å². The number of hydrogen-bond donors (Lipinski definition) is 0. The number of fused-ring (bicyclic) bond motifs is 6. The van der Waals surface area contributed by atoms with Gasteiger partial charge in [-0.3, -0.25) is 0 Å². The number of aromatic nitrogens is 2. The minimum Gasteiger partial charge on any atom is -0.225 e. The van der Waals surface area contributed by atoms with Gasteiger partial charge in [0.15, 0.2) is 11.0 Å². The average molecular weight is 596 g/mol. The summed E-state index contributed by atoms with van der Waals surface area (Å²) in [7, 11) is 2.27. The second-order valence-electron chi connectivity index (χ2n) is 13.6. The SMILES string of the molecule is Cc1cc(C)c2c(sc3ccccc32)c1-c1n(C)c2ccc3ccccc3c2[n+]1-c1c(C(C)C)cc(C(C)C)cc1C(C)C. The van der Waals surface area contributed by atoms with E-state index in [1.165, 1.54) is 86.9 Å². The Morgan fingerprint density at radius 1 is 0.682 bits per heavy atom. The van der Waals surface area contributed by atoms with Gasteiger partial charge in [0.2, 0.25) is 0 Å². The highest BCUT2D eigenvalue weighted by Crippen LogP contribution is 2.45. The number of hydrogen-bond acceptors (Lipinski definition) is 1. The summed E-state index contributed by atoms with van der Waals surface area (Å²) in [5.74, 6) is 2.46. The molecular formula is C41H43N2S+. The Balaban J connectivity index is 1.76. The topological polar surface area (TPSA) is 8.81 Å². The molecule has 0 saturated carbocycles. The molecule has 0 spiro atoms. The van der Waals surface area contributed by atoms with E-state index in [2.05, 4.69) is 150 Å². The van der Waals surface area contributed by atoms with Gasteiger partial charge in [0.25, 0.3) is 5.82 Å². The fourth-order valence-electron chi connectivity index (χ4n) is 7.33. The van der Waals surface area contributed by atoms with E-state index < -0.39 is 0 Å². The quantitative estimate of drug-likeness (QED) is 0.175. The van der Waals surface area contributed by atoms with Gasteiger partial charge in [0.1, 0.15) is 5.69 Å². The fourth-order valence-corrected chi connectivity index (χ4v) is 8.71. The van der Waals surface area contributed by atoms with Crippen LogP contribution in [0, 0.1) is 13.8 Å². The van der Waals surface area contributed by atoms with Crippen LogP contribution in [0.3, 0.4) is 0 Å². The van der Waals surface area contributed by atoms with Crippen LogP contribution in [0.1, 0.15) is 87.1 Å². The van der Waals surface area contributed by atoms with E-state index >= 15 is 0 Å². The van der Waals surface area contributed by atoms with Crippen molar-refractivity contribution in [1.82, 2.24) is 4.57 Å². The van der Waals surface area contributed by atoms with Crippen molar-refractivity contribution in [2.45, 2.75) is 73.1 Å². The minimum atomic E-state index is 0.371. The molecule has 7 aromatic rings. The van der Waals surface area contributed by atoms with E-state index in [0.717, 1.165) is 0 Å². The van der Waals surface area contributed by atoms with E-state index in [1.807, 2.05) is 11.3 Å². The van der Waals surface area contributed by atoms with E-state index in [9.17, 15) is 0 Å². The highest BCUT2D eigenvalue weighted by molar-refractivity contribution is 7.26. The Hall–Kier alpha value is -3.95. The number of aryl methyl sites for hydroxylation is 3. The van der Waals surface area contributed by atoms with Gasteiger partial charge in [-0.25, -0.2) is 4.57 Å². The molecule has 0 bridgehead atoms. The minimum absolute atomic E-state index is 0.371. The first-order chi connectivity index (χ1) is 21.1. The third-order valence-corrected chi connectivity index (χ3v) is 10.8. The molecule has 3 heteroatoms. The number of thiophene rings is 1. The van der Waals surface area contributed by atoms with Crippen LogP contribution in [-0.4, -0.2) is 4.57 Å². The number of rotatable bonds is 5. The van der Waals surface area contributed by atoms with Crippen LogP contribution in [0.25, 0.3) is 59.1 Å². The highest BCUT2D eigenvalue weighted by atomic mass is 32.1. The monoisotopic (exact) mass is 595 g/mol. The molecule has 0 fully saturated rings. The van der Waals surface area contributed by atoms with Gasteiger partial charge >= 0.3 is 0 Å². The van der Waals surface area contributed by atoms with Crippen LogP contribution in [-0.2, 0) is 7.05 Å². The third-order valence-electron chi connectivity index (χ3n) is 9.59. The van der Waals surface area contributed by atoms with Crippen molar-refractivity contribution < 1.29 is 4.57 Å². The second kappa shape index (κ2) is 10.6. The van der Waals surface area contributed by atoms with Crippen molar-refractivity contribution in [2.75, 3.05) is 0 Å². The first-order valence-corrected chi connectivity index (χ1v) is 16.9. The zero-order valence-electron chi connectivity index (χ0n) is 27.5. The van der Waals surface area contributed by atoms with Crippen molar-refractivity contribution >= 4 is 53.3 Å². The van der Waals surface area contributed by atoms with E-state index in [4.69, 9.17) is 0 Å². The maximum atomic E-state index is 2.66. The van der Waals surface area contributed by atoms with E-state index in [1.54, 1.807) is 0 Å². The van der Waals surface area contributed by atoms with Crippen LogP contribution >= 0.6 is 11.3 Å².